The highest BCUT2D eigenvalue weighted by Gasteiger charge is 2.25. The first kappa shape index (κ1) is 20.5. The summed E-state index contributed by atoms with van der Waals surface area (Å²) in [6.45, 7) is -0.214. The Labute approximate surface area is 172 Å². The SMILES string of the molecule is N#CCNC(=O)C(Cc1ccc2ccccc2c1)NC(=O)c1ccccc1[N+](=O)[O-]. The molecule has 0 saturated heterocycles. The van der Waals surface area contributed by atoms with Crippen LogP contribution in [0.25, 0.3) is 10.8 Å². The van der Waals surface area contributed by atoms with Gasteiger partial charge in [0.15, 0.2) is 0 Å². The second-order valence-electron chi connectivity index (χ2n) is 6.56. The molecule has 2 N–H and O–H groups in total. The molecule has 1 atom stereocenters. The molecular formula is C22H18N4O4. The lowest BCUT2D eigenvalue weighted by molar-refractivity contribution is -0.385. The van der Waals surface area contributed by atoms with Gasteiger partial charge in [-0.15, -0.1) is 0 Å². The van der Waals surface area contributed by atoms with Crippen LogP contribution >= 0.6 is 0 Å². The van der Waals surface area contributed by atoms with Gasteiger partial charge < -0.3 is 10.6 Å². The van der Waals surface area contributed by atoms with Gasteiger partial charge in [0.05, 0.1) is 11.0 Å². The molecule has 0 radical (unpaired) electrons. The van der Waals surface area contributed by atoms with E-state index in [9.17, 15) is 19.7 Å². The summed E-state index contributed by atoms with van der Waals surface area (Å²) in [7, 11) is 0. The van der Waals surface area contributed by atoms with Crippen molar-refractivity contribution >= 4 is 28.3 Å². The van der Waals surface area contributed by atoms with E-state index in [1.165, 1.54) is 24.3 Å². The van der Waals surface area contributed by atoms with Gasteiger partial charge in [-0.2, -0.15) is 5.26 Å². The van der Waals surface area contributed by atoms with Gasteiger partial charge in [0.1, 0.15) is 18.2 Å². The number of amides is 2. The molecule has 3 rings (SSSR count). The topological polar surface area (TPSA) is 125 Å². The van der Waals surface area contributed by atoms with Gasteiger partial charge in [-0.25, -0.2) is 0 Å². The number of fused-ring (bicyclic) bond motifs is 1. The number of nitrogens with zero attached hydrogens (tertiary/aromatic N) is 2. The molecule has 3 aromatic rings. The van der Waals surface area contributed by atoms with Crippen molar-refractivity contribution in [3.63, 3.8) is 0 Å². The van der Waals surface area contributed by atoms with E-state index >= 15 is 0 Å². The lowest BCUT2D eigenvalue weighted by atomic mass is 10.0. The average Bonchev–Trinajstić information content (AvgIpc) is 2.76. The number of nitriles is 1. The van der Waals surface area contributed by atoms with E-state index in [1.54, 1.807) is 0 Å². The fraction of sp³-hybridized carbons (Fsp3) is 0.136. The maximum atomic E-state index is 12.7. The molecular weight excluding hydrogens is 384 g/mol. The first-order valence-corrected chi connectivity index (χ1v) is 9.16. The number of nitro benzene ring substituents is 1. The summed E-state index contributed by atoms with van der Waals surface area (Å²) in [5.74, 6) is -1.28. The van der Waals surface area contributed by atoms with Gasteiger partial charge in [-0.1, -0.05) is 54.6 Å². The van der Waals surface area contributed by atoms with E-state index in [2.05, 4.69) is 10.6 Å². The lowest BCUT2D eigenvalue weighted by Gasteiger charge is -2.18. The molecule has 0 saturated carbocycles. The largest absolute Gasteiger partial charge is 0.341 e. The van der Waals surface area contributed by atoms with Crippen LogP contribution in [-0.4, -0.2) is 29.3 Å². The predicted molar refractivity (Wildman–Crippen MR) is 111 cm³/mol. The zero-order valence-corrected chi connectivity index (χ0v) is 15.9. The predicted octanol–water partition coefficient (Wildman–Crippen LogP) is 2.73. The Morgan fingerprint density at radius 1 is 1.03 bits per heavy atom. The molecule has 0 bridgehead atoms. The van der Waals surface area contributed by atoms with Gasteiger partial charge in [0.2, 0.25) is 5.91 Å². The summed E-state index contributed by atoms with van der Waals surface area (Å²) in [5.41, 5.74) is 0.310. The quantitative estimate of drug-likeness (QED) is 0.357. The number of para-hydroxylation sites is 1. The normalized spacial score (nSPS) is 11.3. The fourth-order valence-electron chi connectivity index (χ4n) is 3.12. The molecule has 0 aliphatic carbocycles. The van der Waals surface area contributed by atoms with Crippen LogP contribution in [0.15, 0.2) is 66.7 Å². The van der Waals surface area contributed by atoms with Crippen LogP contribution in [-0.2, 0) is 11.2 Å². The van der Waals surface area contributed by atoms with E-state index < -0.39 is 22.8 Å². The fourth-order valence-corrected chi connectivity index (χ4v) is 3.12. The van der Waals surface area contributed by atoms with Crippen molar-refractivity contribution in [2.75, 3.05) is 6.54 Å². The van der Waals surface area contributed by atoms with Crippen LogP contribution in [0.5, 0.6) is 0 Å². The van der Waals surface area contributed by atoms with Gasteiger partial charge in [0, 0.05) is 12.5 Å². The number of benzene rings is 3. The summed E-state index contributed by atoms with van der Waals surface area (Å²) in [5, 5.41) is 27.0. The third-order valence-electron chi connectivity index (χ3n) is 4.56. The minimum Gasteiger partial charge on any atom is -0.341 e. The second-order valence-corrected chi connectivity index (χ2v) is 6.56. The number of rotatable bonds is 7. The Balaban J connectivity index is 1.87. The van der Waals surface area contributed by atoms with Crippen molar-refractivity contribution in [3.8, 4) is 6.07 Å². The third kappa shape index (κ3) is 4.77. The molecule has 150 valence electrons. The third-order valence-corrected chi connectivity index (χ3v) is 4.56. The molecule has 0 aliphatic rings. The summed E-state index contributed by atoms with van der Waals surface area (Å²) >= 11 is 0. The highest BCUT2D eigenvalue weighted by molar-refractivity contribution is 6.00. The Kier molecular flexibility index (Phi) is 6.35. The maximum Gasteiger partial charge on any atom is 0.282 e. The zero-order valence-electron chi connectivity index (χ0n) is 15.9. The van der Waals surface area contributed by atoms with Crippen LogP contribution in [0, 0.1) is 21.4 Å². The molecule has 30 heavy (non-hydrogen) atoms. The van der Waals surface area contributed by atoms with E-state index in [0.717, 1.165) is 16.3 Å². The number of nitrogens with one attached hydrogen (secondary N) is 2. The van der Waals surface area contributed by atoms with Crippen LogP contribution in [0.2, 0.25) is 0 Å². The molecule has 8 heteroatoms. The molecule has 0 fully saturated rings. The minimum absolute atomic E-state index is 0.140. The van der Waals surface area contributed by atoms with Crippen LogP contribution < -0.4 is 10.6 Å². The van der Waals surface area contributed by atoms with Gasteiger partial charge in [0.25, 0.3) is 11.6 Å². The van der Waals surface area contributed by atoms with E-state index in [-0.39, 0.29) is 24.2 Å². The zero-order chi connectivity index (χ0) is 21.5. The highest BCUT2D eigenvalue weighted by Crippen LogP contribution is 2.19. The smallest absolute Gasteiger partial charge is 0.282 e. The van der Waals surface area contributed by atoms with Crippen molar-refractivity contribution in [2.24, 2.45) is 0 Å². The summed E-state index contributed by atoms with van der Waals surface area (Å²) in [4.78, 5) is 35.8. The minimum atomic E-state index is -1.01. The van der Waals surface area contributed by atoms with Crippen molar-refractivity contribution in [1.82, 2.24) is 10.6 Å². The first-order valence-electron chi connectivity index (χ1n) is 9.16. The van der Waals surface area contributed by atoms with Gasteiger partial charge >= 0.3 is 0 Å². The Bertz CT molecular complexity index is 1150. The first-order chi connectivity index (χ1) is 14.5. The van der Waals surface area contributed by atoms with E-state index in [4.69, 9.17) is 5.26 Å². The van der Waals surface area contributed by atoms with Crippen molar-refractivity contribution in [3.05, 3.63) is 88.0 Å². The van der Waals surface area contributed by atoms with Gasteiger partial charge in [-0.05, 0) is 22.4 Å². The summed E-state index contributed by atoms with van der Waals surface area (Å²) < 4.78 is 0. The van der Waals surface area contributed by atoms with Crippen LogP contribution in [0.1, 0.15) is 15.9 Å². The average molecular weight is 402 g/mol. The van der Waals surface area contributed by atoms with E-state index in [1.807, 2.05) is 48.5 Å². The van der Waals surface area contributed by atoms with Crippen LogP contribution in [0.4, 0.5) is 5.69 Å². The van der Waals surface area contributed by atoms with Crippen molar-refractivity contribution in [2.45, 2.75) is 12.5 Å². The molecule has 1 unspecified atom stereocenters. The monoisotopic (exact) mass is 402 g/mol. The summed E-state index contributed by atoms with van der Waals surface area (Å²) in [6.07, 6.45) is 0.161. The van der Waals surface area contributed by atoms with Crippen molar-refractivity contribution in [1.29, 1.82) is 5.26 Å². The standard InChI is InChI=1S/C22H18N4O4/c23-11-12-24-22(28)19(14-15-9-10-16-5-1-2-6-17(16)13-15)25-21(27)18-7-3-4-8-20(18)26(29)30/h1-10,13,19H,12,14H2,(H,24,28)(H,25,27). The lowest BCUT2D eigenvalue weighted by Crippen LogP contribution is -2.48. The number of carbonyl (C=O) groups excluding carboxylic acids is 2. The molecule has 2 amide bonds. The van der Waals surface area contributed by atoms with E-state index in [0.29, 0.717) is 0 Å². The number of hydrogen-bond donors (Lipinski definition) is 2. The second kappa shape index (κ2) is 9.30. The molecule has 0 aromatic heterocycles. The number of carbonyl (C=O) groups is 2. The molecule has 0 aliphatic heterocycles. The number of nitro groups is 1. The maximum absolute atomic E-state index is 12.7. The van der Waals surface area contributed by atoms with Gasteiger partial charge in [-0.3, -0.25) is 19.7 Å². The Hall–Kier alpha value is -4.25. The molecule has 3 aromatic carbocycles. The van der Waals surface area contributed by atoms with Crippen LogP contribution in [0.3, 0.4) is 0 Å². The molecule has 0 spiro atoms. The molecule has 8 nitrogen and oxygen atoms in total. The summed E-state index contributed by atoms with van der Waals surface area (Å²) in [6, 6.07) is 19.7. The highest BCUT2D eigenvalue weighted by atomic mass is 16.6. The van der Waals surface area contributed by atoms with Crippen molar-refractivity contribution < 1.29 is 14.5 Å². The molecule has 0 heterocycles. The Morgan fingerprint density at radius 3 is 2.47 bits per heavy atom. The Morgan fingerprint density at radius 2 is 1.73 bits per heavy atom. The number of hydrogen-bond acceptors (Lipinski definition) is 5.